The van der Waals surface area contributed by atoms with Gasteiger partial charge in [0, 0.05) is 31.1 Å². The van der Waals surface area contributed by atoms with E-state index >= 15 is 0 Å². The number of hydrogen-bond acceptors (Lipinski definition) is 4. The molecule has 1 N–H and O–H groups in total. The van der Waals surface area contributed by atoms with Crippen molar-refractivity contribution in [2.75, 3.05) is 26.3 Å². The van der Waals surface area contributed by atoms with E-state index in [1.165, 1.54) is 12.8 Å². The van der Waals surface area contributed by atoms with Crippen LogP contribution in [0.25, 0.3) is 0 Å². The first kappa shape index (κ1) is 16.9. The largest absolute Gasteiger partial charge is 0.480 e. The lowest BCUT2D eigenvalue weighted by Crippen LogP contribution is -2.63. The molecule has 0 radical (unpaired) electrons. The molecule has 1 aromatic carbocycles. The van der Waals surface area contributed by atoms with E-state index < -0.39 is 6.10 Å². The first-order chi connectivity index (χ1) is 12.2. The van der Waals surface area contributed by atoms with Gasteiger partial charge in [0.1, 0.15) is 5.75 Å². The van der Waals surface area contributed by atoms with Crippen LogP contribution in [-0.2, 0) is 16.0 Å². The minimum atomic E-state index is -0.400. The molecule has 1 amide bonds. The number of carbonyl (C=O) groups is 1. The van der Waals surface area contributed by atoms with Crippen LogP contribution in [-0.4, -0.2) is 54.8 Å². The fourth-order valence-corrected chi connectivity index (χ4v) is 4.79. The lowest BCUT2D eigenvalue weighted by Gasteiger charge is -2.47. The Bertz CT molecular complexity index is 596. The molecule has 1 aliphatic carbocycles. The number of benzene rings is 1. The predicted molar refractivity (Wildman–Crippen MR) is 95.8 cm³/mol. The van der Waals surface area contributed by atoms with Crippen LogP contribution >= 0.6 is 0 Å². The van der Waals surface area contributed by atoms with E-state index in [2.05, 4.69) is 17.1 Å². The molecule has 2 heterocycles. The number of rotatable bonds is 4. The quantitative estimate of drug-likeness (QED) is 0.909. The fourth-order valence-electron chi connectivity index (χ4n) is 4.79. The van der Waals surface area contributed by atoms with Crippen LogP contribution in [0.5, 0.6) is 5.75 Å². The van der Waals surface area contributed by atoms with Crippen molar-refractivity contribution in [2.24, 2.45) is 0 Å². The van der Waals surface area contributed by atoms with Gasteiger partial charge in [-0.2, -0.15) is 0 Å². The zero-order chi connectivity index (χ0) is 17.3. The first-order valence-corrected chi connectivity index (χ1v) is 9.57. The smallest absolute Gasteiger partial charge is 0.261 e. The Morgan fingerprint density at radius 2 is 1.96 bits per heavy atom. The zero-order valence-corrected chi connectivity index (χ0v) is 15.0. The van der Waals surface area contributed by atoms with Crippen molar-refractivity contribution in [3.8, 4) is 5.75 Å². The Morgan fingerprint density at radius 1 is 1.24 bits per heavy atom. The molecule has 0 aromatic heterocycles. The van der Waals surface area contributed by atoms with Gasteiger partial charge in [-0.15, -0.1) is 0 Å². The van der Waals surface area contributed by atoms with E-state index in [0.29, 0.717) is 6.42 Å². The number of nitrogens with zero attached hydrogens (tertiary/aromatic N) is 1. The summed E-state index contributed by atoms with van der Waals surface area (Å²) in [5, 5.41) is 3.29. The third-order valence-electron chi connectivity index (χ3n) is 6.21. The molecule has 2 aliphatic heterocycles. The highest BCUT2D eigenvalue weighted by Gasteiger charge is 2.45. The maximum Gasteiger partial charge on any atom is 0.261 e. The SMILES string of the molecule is C[C@H](NC(=O)[C@H]1Cc2ccccc2O1)C1(N2CCOCC2)CCCC1. The van der Waals surface area contributed by atoms with Gasteiger partial charge in [-0.25, -0.2) is 0 Å². The molecule has 2 fully saturated rings. The number of ether oxygens (including phenoxy) is 2. The molecule has 2 atom stereocenters. The molecule has 0 spiro atoms. The van der Waals surface area contributed by atoms with Crippen LogP contribution in [0.2, 0.25) is 0 Å². The van der Waals surface area contributed by atoms with Crippen molar-refractivity contribution in [1.82, 2.24) is 10.2 Å². The second-order valence-corrected chi connectivity index (χ2v) is 7.56. The lowest BCUT2D eigenvalue weighted by molar-refractivity contribution is -0.129. The van der Waals surface area contributed by atoms with Gasteiger partial charge in [-0.3, -0.25) is 9.69 Å². The van der Waals surface area contributed by atoms with Gasteiger partial charge < -0.3 is 14.8 Å². The molecule has 25 heavy (non-hydrogen) atoms. The molecular weight excluding hydrogens is 316 g/mol. The van der Waals surface area contributed by atoms with E-state index in [4.69, 9.17) is 9.47 Å². The van der Waals surface area contributed by atoms with Crippen molar-refractivity contribution in [2.45, 2.75) is 56.7 Å². The number of amides is 1. The molecule has 1 saturated heterocycles. The van der Waals surface area contributed by atoms with E-state index in [0.717, 1.165) is 50.5 Å². The number of nitrogens with one attached hydrogen (secondary N) is 1. The highest BCUT2D eigenvalue weighted by Crippen LogP contribution is 2.39. The van der Waals surface area contributed by atoms with Crippen LogP contribution in [0.1, 0.15) is 38.2 Å². The molecule has 136 valence electrons. The number of morpholine rings is 1. The van der Waals surface area contributed by atoms with E-state index in [9.17, 15) is 4.79 Å². The summed E-state index contributed by atoms with van der Waals surface area (Å²) in [5.41, 5.74) is 1.20. The summed E-state index contributed by atoms with van der Waals surface area (Å²) < 4.78 is 11.4. The van der Waals surface area contributed by atoms with E-state index in [1.54, 1.807) is 0 Å². The summed E-state index contributed by atoms with van der Waals surface area (Å²) in [6.07, 6.45) is 5.05. The minimum absolute atomic E-state index is 0.0169. The standard InChI is InChI=1S/C20H28N2O3/c1-15(20(8-4-5-9-20)22-10-12-24-13-11-22)21-19(23)18-14-16-6-2-3-7-17(16)25-18/h2-3,6-7,15,18H,4-5,8-14H2,1H3,(H,21,23)/t15-,18+/m0/s1. The summed E-state index contributed by atoms with van der Waals surface area (Å²) >= 11 is 0. The van der Waals surface area contributed by atoms with Gasteiger partial charge in [-0.1, -0.05) is 31.0 Å². The highest BCUT2D eigenvalue weighted by atomic mass is 16.5. The van der Waals surface area contributed by atoms with Gasteiger partial charge in [0.15, 0.2) is 6.10 Å². The Kier molecular flexibility index (Phi) is 4.69. The summed E-state index contributed by atoms with van der Waals surface area (Å²) in [6, 6.07) is 8.05. The number of para-hydroxylation sites is 1. The van der Waals surface area contributed by atoms with Crippen molar-refractivity contribution >= 4 is 5.91 Å². The van der Waals surface area contributed by atoms with E-state index in [-0.39, 0.29) is 17.5 Å². The average molecular weight is 344 g/mol. The molecule has 1 saturated carbocycles. The Hall–Kier alpha value is -1.59. The third kappa shape index (κ3) is 3.15. The molecule has 3 aliphatic rings. The summed E-state index contributed by atoms with van der Waals surface area (Å²) in [5.74, 6) is 0.863. The van der Waals surface area contributed by atoms with Crippen molar-refractivity contribution < 1.29 is 14.3 Å². The maximum atomic E-state index is 12.8. The van der Waals surface area contributed by atoms with Crippen molar-refractivity contribution in [3.63, 3.8) is 0 Å². The average Bonchev–Trinajstić information content (AvgIpc) is 3.30. The predicted octanol–water partition coefficient (Wildman–Crippen LogP) is 2.14. The van der Waals surface area contributed by atoms with E-state index in [1.807, 2.05) is 24.3 Å². The second kappa shape index (κ2) is 6.96. The summed E-state index contributed by atoms with van der Waals surface area (Å²) in [6.45, 7) is 5.69. The van der Waals surface area contributed by atoms with Crippen molar-refractivity contribution in [3.05, 3.63) is 29.8 Å². The van der Waals surface area contributed by atoms with Crippen LogP contribution in [0.3, 0.4) is 0 Å². The topological polar surface area (TPSA) is 50.8 Å². The van der Waals surface area contributed by atoms with Gasteiger partial charge in [0.25, 0.3) is 5.91 Å². The lowest BCUT2D eigenvalue weighted by atomic mass is 9.86. The van der Waals surface area contributed by atoms with Crippen LogP contribution < -0.4 is 10.1 Å². The molecule has 1 aromatic rings. The zero-order valence-electron chi connectivity index (χ0n) is 15.0. The molecule has 4 rings (SSSR count). The molecular formula is C20H28N2O3. The molecule has 0 unspecified atom stereocenters. The highest BCUT2D eigenvalue weighted by molar-refractivity contribution is 5.82. The Balaban J connectivity index is 1.43. The number of carbonyl (C=O) groups excluding carboxylic acids is 1. The van der Waals surface area contributed by atoms with Crippen LogP contribution in [0.15, 0.2) is 24.3 Å². The van der Waals surface area contributed by atoms with Gasteiger partial charge in [-0.05, 0) is 31.4 Å². The van der Waals surface area contributed by atoms with Gasteiger partial charge >= 0.3 is 0 Å². The normalized spacial score (nSPS) is 26.7. The third-order valence-corrected chi connectivity index (χ3v) is 6.21. The van der Waals surface area contributed by atoms with Gasteiger partial charge in [0.05, 0.1) is 13.2 Å². The maximum absolute atomic E-state index is 12.8. The monoisotopic (exact) mass is 344 g/mol. The summed E-state index contributed by atoms with van der Waals surface area (Å²) in [4.78, 5) is 15.4. The molecule has 5 heteroatoms. The van der Waals surface area contributed by atoms with Crippen LogP contribution in [0, 0.1) is 0 Å². The number of fused-ring (bicyclic) bond motifs is 1. The Morgan fingerprint density at radius 3 is 2.68 bits per heavy atom. The summed E-state index contributed by atoms with van der Waals surface area (Å²) in [7, 11) is 0. The Labute approximate surface area is 149 Å². The molecule has 0 bridgehead atoms. The van der Waals surface area contributed by atoms with Crippen molar-refractivity contribution in [1.29, 1.82) is 0 Å². The van der Waals surface area contributed by atoms with Crippen LogP contribution in [0.4, 0.5) is 0 Å². The first-order valence-electron chi connectivity index (χ1n) is 9.57. The second-order valence-electron chi connectivity index (χ2n) is 7.56. The fraction of sp³-hybridized carbons (Fsp3) is 0.650. The molecule has 5 nitrogen and oxygen atoms in total. The van der Waals surface area contributed by atoms with Gasteiger partial charge in [0.2, 0.25) is 0 Å². The number of hydrogen-bond donors (Lipinski definition) is 1. The minimum Gasteiger partial charge on any atom is -0.480 e.